The van der Waals surface area contributed by atoms with E-state index in [2.05, 4.69) is 11.1 Å². The molecule has 3 rings (SSSR count). The fraction of sp³-hybridized carbons (Fsp3) is 0.600. The maximum atomic E-state index is 13.2. The molecule has 1 N–H and O–H groups in total. The lowest BCUT2D eigenvalue weighted by Gasteiger charge is -2.43. The number of carbonyl (C=O) groups is 2. The van der Waals surface area contributed by atoms with Crippen LogP contribution in [0, 0.1) is 17.2 Å². The number of aliphatic hydroxyl groups excluding tert-OH is 1. The summed E-state index contributed by atoms with van der Waals surface area (Å²) >= 11 is 0. The van der Waals surface area contributed by atoms with Gasteiger partial charge in [0.25, 0.3) is 5.91 Å². The molecule has 0 aliphatic carbocycles. The van der Waals surface area contributed by atoms with Gasteiger partial charge in [-0.1, -0.05) is 13.8 Å². The Morgan fingerprint density at radius 3 is 2.59 bits per heavy atom. The average molecular weight is 401 g/mol. The molecule has 0 aromatic carbocycles. The van der Waals surface area contributed by atoms with Gasteiger partial charge >= 0.3 is 6.03 Å². The van der Waals surface area contributed by atoms with Crippen molar-refractivity contribution in [3.63, 3.8) is 0 Å². The first-order valence-electron chi connectivity index (χ1n) is 9.82. The van der Waals surface area contributed by atoms with Crippen LogP contribution in [0.5, 0.6) is 5.88 Å². The molecule has 2 fully saturated rings. The third-order valence-electron chi connectivity index (χ3n) is 5.62. The van der Waals surface area contributed by atoms with E-state index < -0.39 is 5.54 Å². The maximum Gasteiger partial charge on any atom is 0.327 e. The van der Waals surface area contributed by atoms with E-state index in [1.165, 1.54) is 12.0 Å². The Hall–Kier alpha value is -2.86. The predicted molar refractivity (Wildman–Crippen MR) is 105 cm³/mol. The van der Waals surface area contributed by atoms with Crippen molar-refractivity contribution in [1.29, 1.82) is 5.26 Å². The molecule has 0 radical (unpaired) electrons. The monoisotopic (exact) mass is 401 g/mol. The largest absolute Gasteiger partial charge is 0.480 e. The van der Waals surface area contributed by atoms with Crippen LogP contribution in [0.4, 0.5) is 10.5 Å². The lowest BCUT2D eigenvalue weighted by molar-refractivity contribution is -0.134. The number of ether oxygens (including phenoxy) is 1. The zero-order chi connectivity index (χ0) is 21.2. The van der Waals surface area contributed by atoms with Gasteiger partial charge in [-0.05, 0) is 24.8 Å². The quantitative estimate of drug-likeness (QED) is 0.714. The van der Waals surface area contributed by atoms with Crippen LogP contribution >= 0.6 is 0 Å². The molecular formula is C20H27N5O4. The molecule has 0 saturated carbocycles. The van der Waals surface area contributed by atoms with Crippen LogP contribution in [0.3, 0.4) is 0 Å². The first-order valence-corrected chi connectivity index (χ1v) is 9.82. The zero-order valence-electron chi connectivity index (χ0n) is 17.1. The molecule has 0 atom stereocenters. The number of nitriles is 1. The van der Waals surface area contributed by atoms with E-state index in [4.69, 9.17) is 4.74 Å². The highest BCUT2D eigenvalue weighted by atomic mass is 16.5. The summed E-state index contributed by atoms with van der Waals surface area (Å²) in [6.45, 7) is 5.30. The van der Waals surface area contributed by atoms with E-state index in [1.807, 2.05) is 18.7 Å². The summed E-state index contributed by atoms with van der Waals surface area (Å²) in [5, 5.41) is 18.8. The van der Waals surface area contributed by atoms with E-state index in [0.717, 1.165) is 0 Å². The van der Waals surface area contributed by atoms with Crippen molar-refractivity contribution >= 4 is 17.6 Å². The molecule has 2 aliphatic rings. The van der Waals surface area contributed by atoms with Crippen LogP contribution in [0.25, 0.3) is 0 Å². The Labute approximate surface area is 170 Å². The average Bonchev–Trinajstić information content (AvgIpc) is 2.90. The van der Waals surface area contributed by atoms with Crippen molar-refractivity contribution in [2.75, 3.05) is 44.8 Å². The molecule has 1 spiro atoms. The number of hydrogen-bond acceptors (Lipinski definition) is 7. The minimum atomic E-state index is -0.892. The van der Waals surface area contributed by atoms with Crippen molar-refractivity contribution in [2.45, 2.75) is 32.2 Å². The molecule has 1 aromatic rings. The van der Waals surface area contributed by atoms with E-state index in [0.29, 0.717) is 43.7 Å². The zero-order valence-corrected chi connectivity index (χ0v) is 17.1. The molecule has 0 bridgehead atoms. The molecule has 1 aromatic heterocycles. The summed E-state index contributed by atoms with van der Waals surface area (Å²) in [4.78, 5) is 35.1. The van der Waals surface area contributed by atoms with Crippen molar-refractivity contribution in [1.82, 2.24) is 14.8 Å². The van der Waals surface area contributed by atoms with Crippen LogP contribution in [0.1, 0.15) is 32.3 Å². The van der Waals surface area contributed by atoms with Crippen LogP contribution in [-0.4, -0.2) is 77.3 Å². The molecule has 2 saturated heterocycles. The molecular weight excluding hydrogens is 374 g/mol. The van der Waals surface area contributed by atoms with E-state index in [-0.39, 0.29) is 36.9 Å². The van der Waals surface area contributed by atoms with Gasteiger partial charge in [0.1, 0.15) is 17.2 Å². The molecule has 2 aliphatic heterocycles. The van der Waals surface area contributed by atoms with Crippen molar-refractivity contribution in [2.24, 2.45) is 5.92 Å². The second kappa shape index (κ2) is 8.25. The number of β-amino-alcohol motifs (C(OH)–C–C–N with tert-alkyl or cyclic N) is 1. The standard InChI is InChI=1S/C20H27N5O4/c1-14(2)13-25-19(28)24(10-11-26)18(27)20(25)5-8-23(9-6-20)16-4-7-22-17(29-3)15(16)12-21/h4,7,14,26H,5-6,8-11,13H2,1-3H3. The minimum Gasteiger partial charge on any atom is -0.480 e. The van der Waals surface area contributed by atoms with Gasteiger partial charge in [0, 0.05) is 25.8 Å². The number of piperidine rings is 1. The van der Waals surface area contributed by atoms with Crippen LogP contribution in [-0.2, 0) is 4.79 Å². The normalized spacial score (nSPS) is 18.7. The highest BCUT2D eigenvalue weighted by Crippen LogP contribution is 2.39. The Kier molecular flexibility index (Phi) is 5.94. The van der Waals surface area contributed by atoms with Gasteiger partial charge in [-0.2, -0.15) is 5.26 Å². The number of imide groups is 1. The maximum absolute atomic E-state index is 13.2. The summed E-state index contributed by atoms with van der Waals surface area (Å²) in [7, 11) is 1.47. The van der Waals surface area contributed by atoms with E-state index >= 15 is 0 Å². The number of urea groups is 1. The number of methoxy groups -OCH3 is 1. The molecule has 0 unspecified atom stereocenters. The lowest BCUT2D eigenvalue weighted by atomic mass is 9.85. The second-order valence-corrected chi connectivity index (χ2v) is 7.81. The smallest absolute Gasteiger partial charge is 0.327 e. The highest BCUT2D eigenvalue weighted by molar-refractivity contribution is 6.07. The predicted octanol–water partition coefficient (Wildman–Crippen LogP) is 1.21. The van der Waals surface area contributed by atoms with Gasteiger partial charge in [-0.3, -0.25) is 9.69 Å². The molecule has 3 amide bonds. The number of carbonyl (C=O) groups excluding carboxylic acids is 2. The Morgan fingerprint density at radius 2 is 2.03 bits per heavy atom. The fourth-order valence-corrected chi connectivity index (χ4v) is 4.26. The number of aliphatic hydroxyl groups is 1. The SMILES string of the molecule is COc1nccc(N2CCC3(CC2)C(=O)N(CCO)C(=O)N3CC(C)C)c1C#N. The van der Waals surface area contributed by atoms with Crippen LogP contribution < -0.4 is 9.64 Å². The third kappa shape index (κ3) is 3.49. The molecule has 9 heteroatoms. The van der Waals surface area contributed by atoms with E-state index in [9.17, 15) is 20.0 Å². The number of aromatic nitrogens is 1. The Bertz CT molecular complexity index is 827. The van der Waals surface area contributed by atoms with Crippen LogP contribution in [0.15, 0.2) is 12.3 Å². The molecule has 9 nitrogen and oxygen atoms in total. The number of hydrogen-bond donors (Lipinski definition) is 1. The van der Waals surface area contributed by atoms with Crippen LogP contribution in [0.2, 0.25) is 0 Å². The highest BCUT2D eigenvalue weighted by Gasteiger charge is 2.57. The minimum absolute atomic E-state index is 0.0118. The van der Waals surface area contributed by atoms with Gasteiger partial charge < -0.3 is 19.6 Å². The summed E-state index contributed by atoms with van der Waals surface area (Å²) in [5.41, 5.74) is 0.186. The first-order chi connectivity index (χ1) is 13.9. The summed E-state index contributed by atoms with van der Waals surface area (Å²) in [6, 6.07) is 3.60. The summed E-state index contributed by atoms with van der Waals surface area (Å²) in [6.07, 6.45) is 2.52. The third-order valence-corrected chi connectivity index (χ3v) is 5.62. The second-order valence-electron chi connectivity index (χ2n) is 7.81. The van der Waals surface area contributed by atoms with Crippen molar-refractivity contribution in [3.8, 4) is 11.9 Å². The summed E-state index contributed by atoms with van der Waals surface area (Å²) < 4.78 is 5.20. The molecule has 29 heavy (non-hydrogen) atoms. The number of amides is 3. The lowest BCUT2D eigenvalue weighted by Crippen LogP contribution is -2.57. The van der Waals surface area contributed by atoms with Gasteiger partial charge in [-0.15, -0.1) is 0 Å². The van der Waals surface area contributed by atoms with E-state index in [1.54, 1.807) is 17.2 Å². The van der Waals surface area contributed by atoms with Gasteiger partial charge in [0.15, 0.2) is 0 Å². The Balaban J connectivity index is 1.88. The fourth-order valence-electron chi connectivity index (χ4n) is 4.26. The summed E-state index contributed by atoms with van der Waals surface area (Å²) in [5.74, 6) is 0.253. The topological polar surface area (TPSA) is 110 Å². The van der Waals surface area contributed by atoms with Crippen molar-refractivity contribution in [3.05, 3.63) is 17.8 Å². The number of nitrogens with zero attached hydrogens (tertiary/aromatic N) is 5. The number of pyridine rings is 1. The number of anilines is 1. The number of rotatable bonds is 6. The van der Waals surface area contributed by atoms with Gasteiger partial charge in [-0.25, -0.2) is 9.78 Å². The van der Waals surface area contributed by atoms with Gasteiger partial charge in [0.05, 0.1) is 25.9 Å². The molecule has 156 valence electrons. The van der Waals surface area contributed by atoms with Gasteiger partial charge in [0.2, 0.25) is 5.88 Å². The Morgan fingerprint density at radius 1 is 1.34 bits per heavy atom. The molecule has 3 heterocycles. The first kappa shape index (κ1) is 20.9. The van der Waals surface area contributed by atoms with Crippen molar-refractivity contribution < 1.29 is 19.4 Å².